The number of rotatable bonds is 7. The first-order valence-electron chi connectivity index (χ1n) is 10.4. The van der Waals surface area contributed by atoms with Crippen LogP contribution in [-0.4, -0.2) is 21.4 Å². The quantitative estimate of drug-likeness (QED) is 0.428. The van der Waals surface area contributed by atoms with Crippen molar-refractivity contribution >= 4 is 15.7 Å². The van der Waals surface area contributed by atoms with E-state index in [0.29, 0.717) is 5.56 Å². The first-order valence-corrected chi connectivity index (χ1v) is 11.8. The minimum atomic E-state index is -3.85. The van der Waals surface area contributed by atoms with Crippen LogP contribution in [0, 0.1) is 0 Å². The lowest BCUT2D eigenvalue weighted by Gasteiger charge is -2.17. The van der Waals surface area contributed by atoms with Gasteiger partial charge in [0.2, 0.25) is 9.84 Å². The minimum absolute atomic E-state index is 0.0858. The second-order valence-corrected chi connectivity index (χ2v) is 9.46. The molecule has 0 radical (unpaired) electrons. The van der Waals surface area contributed by atoms with Crippen LogP contribution < -0.4 is 10.5 Å². The highest BCUT2D eigenvalue weighted by atomic mass is 32.2. The summed E-state index contributed by atoms with van der Waals surface area (Å²) in [5.41, 5.74) is 9.08. The maximum absolute atomic E-state index is 13.5. The summed E-state index contributed by atoms with van der Waals surface area (Å²) < 4.78 is 32.4. The maximum atomic E-state index is 13.5. The monoisotopic (exact) mass is 457 g/mol. The molecule has 0 unspecified atom stereocenters. The normalized spacial score (nSPS) is 11.2. The number of carbonyl (C=O) groups excluding carboxylic acids is 1. The highest BCUT2D eigenvalue weighted by Crippen LogP contribution is 2.35. The number of hydrogen-bond donors (Lipinski definition) is 1. The average molecular weight is 458 g/mol. The van der Waals surface area contributed by atoms with Gasteiger partial charge in [-0.1, -0.05) is 72.8 Å². The van der Waals surface area contributed by atoms with Crippen molar-refractivity contribution < 1.29 is 17.9 Å². The average Bonchev–Trinajstić information content (AvgIpc) is 2.85. The fraction of sp³-hybridized carbons (Fsp3) is 0.0741. The number of sulfone groups is 1. The summed E-state index contributed by atoms with van der Waals surface area (Å²) in [6, 6.07) is 28.8. The second kappa shape index (κ2) is 9.30. The van der Waals surface area contributed by atoms with E-state index in [9.17, 15) is 13.2 Å². The summed E-state index contributed by atoms with van der Waals surface area (Å²) in [6.45, 7) is 0. The molecule has 0 bridgehead atoms. The molecule has 0 spiro atoms. The summed E-state index contributed by atoms with van der Waals surface area (Å²) >= 11 is 0. The molecule has 4 aromatic rings. The minimum Gasteiger partial charge on any atom is -0.496 e. The molecular formula is C27H23NO4S. The lowest BCUT2D eigenvalue weighted by atomic mass is 9.98. The molecule has 0 aromatic heterocycles. The maximum Gasteiger partial charge on any atom is 0.252 e. The Kier molecular flexibility index (Phi) is 6.29. The second-order valence-electron chi connectivity index (χ2n) is 7.54. The summed E-state index contributed by atoms with van der Waals surface area (Å²) in [6.07, 6.45) is 0.251. The zero-order valence-corrected chi connectivity index (χ0v) is 18.9. The van der Waals surface area contributed by atoms with Crippen LogP contribution >= 0.6 is 0 Å². The van der Waals surface area contributed by atoms with E-state index in [1.807, 2.05) is 54.6 Å². The van der Waals surface area contributed by atoms with Gasteiger partial charge in [0.1, 0.15) is 5.75 Å². The SMILES string of the molecule is COc1c(C(N)=O)ccc(S(=O)(=O)c2ccccc2)c1Cc1ccc(-c2ccccc2)cc1. The van der Waals surface area contributed by atoms with Crippen LogP contribution in [0.3, 0.4) is 0 Å². The molecule has 0 saturated heterocycles. The van der Waals surface area contributed by atoms with Gasteiger partial charge in [-0.2, -0.15) is 0 Å². The Balaban J connectivity index is 1.82. The van der Waals surface area contributed by atoms with Crippen LogP contribution in [0.25, 0.3) is 11.1 Å². The van der Waals surface area contributed by atoms with Gasteiger partial charge < -0.3 is 10.5 Å². The smallest absolute Gasteiger partial charge is 0.252 e. The molecule has 0 heterocycles. The third-order valence-corrected chi connectivity index (χ3v) is 7.33. The third kappa shape index (κ3) is 4.52. The van der Waals surface area contributed by atoms with Gasteiger partial charge >= 0.3 is 0 Å². The van der Waals surface area contributed by atoms with E-state index in [0.717, 1.165) is 16.7 Å². The number of nitrogens with two attached hydrogens (primary N) is 1. The molecule has 4 aromatic carbocycles. The molecule has 0 atom stereocenters. The molecule has 0 saturated carbocycles. The van der Waals surface area contributed by atoms with Crippen molar-refractivity contribution in [2.24, 2.45) is 5.73 Å². The molecular weight excluding hydrogens is 434 g/mol. The Bertz CT molecular complexity index is 1380. The van der Waals surface area contributed by atoms with Crippen molar-refractivity contribution in [3.63, 3.8) is 0 Å². The van der Waals surface area contributed by atoms with E-state index >= 15 is 0 Å². The Hall–Kier alpha value is -3.90. The molecule has 0 aliphatic heterocycles. The van der Waals surface area contributed by atoms with Crippen LogP contribution in [0.1, 0.15) is 21.5 Å². The molecule has 166 valence electrons. The van der Waals surface area contributed by atoms with E-state index in [1.165, 1.54) is 19.2 Å². The van der Waals surface area contributed by atoms with Gasteiger partial charge in [0.05, 0.1) is 22.5 Å². The number of hydrogen-bond acceptors (Lipinski definition) is 4. The van der Waals surface area contributed by atoms with Crippen molar-refractivity contribution in [3.8, 4) is 16.9 Å². The number of ether oxygens (including phenoxy) is 1. The van der Waals surface area contributed by atoms with Gasteiger partial charge in [0.25, 0.3) is 5.91 Å². The van der Waals surface area contributed by atoms with Gasteiger partial charge in [-0.15, -0.1) is 0 Å². The Labute approximate surface area is 193 Å². The van der Waals surface area contributed by atoms with Crippen LogP contribution in [0.4, 0.5) is 0 Å². The van der Waals surface area contributed by atoms with Crippen molar-refractivity contribution in [1.29, 1.82) is 0 Å². The van der Waals surface area contributed by atoms with Crippen molar-refractivity contribution in [3.05, 3.63) is 114 Å². The zero-order chi connectivity index (χ0) is 23.4. The molecule has 6 heteroatoms. The van der Waals surface area contributed by atoms with E-state index in [4.69, 9.17) is 10.5 Å². The lowest BCUT2D eigenvalue weighted by Crippen LogP contribution is -2.16. The molecule has 2 N–H and O–H groups in total. The Morgan fingerprint density at radius 3 is 1.94 bits per heavy atom. The lowest BCUT2D eigenvalue weighted by molar-refractivity contribution is 0.0997. The largest absolute Gasteiger partial charge is 0.496 e. The molecule has 4 rings (SSSR count). The van der Waals surface area contributed by atoms with E-state index < -0.39 is 15.7 Å². The van der Waals surface area contributed by atoms with E-state index in [2.05, 4.69) is 0 Å². The zero-order valence-electron chi connectivity index (χ0n) is 18.1. The molecule has 33 heavy (non-hydrogen) atoms. The van der Waals surface area contributed by atoms with Crippen molar-refractivity contribution in [1.82, 2.24) is 0 Å². The van der Waals surface area contributed by atoms with Crippen LogP contribution in [0.5, 0.6) is 5.75 Å². The van der Waals surface area contributed by atoms with Gasteiger partial charge in [-0.05, 0) is 41.0 Å². The highest BCUT2D eigenvalue weighted by molar-refractivity contribution is 7.91. The Morgan fingerprint density at radius 2 is 1.36 bits per heavy atom. The number of primary amides is 1. The van der Waals surface area contributed by atoms with Gasteiger partial charge in [0.15, 0.2) is 0 Å². The number of carbonyl (C=O) groups is 1. The van der Waals surface area contributed by atoms with E-state index in [1.54, 1.807) is 30.3 Å². The molecule has 0 fully saturated rings. The highest BCUT2D eigenvalue weighted by Gasteiger charge is 2.26. The Morgan fingerprint density at radius 1 is 0.788 bits per heavy atom. The summed E-state index contributed by atoms with van der Waals surface area (Å²) in [7, 11) is -2.44. The molecule has 0 aliphatic carbocycles. The number of benzene rings is 4. The van der Waals surface area contributed by atoms with Crippen LogP contribution in [0.2, 0.25) is 0 Å². The molecule has 0 aliphatic rings. The first-order chi connectivity index (χ1) is 15.9. The predicted octanol–water partition coefficient (Wildman–Crippen LogP) is 4.88. The topological polar surface area (TPSA) is 86.5 Å². The third-order valence-electron chi connectivity index (χ3n) is 5.47. The standard InChI is InChI=1S/C27H23NO4S/c1-32-26-23(27(28)29)16-17-25(33(30,31)22-10-6-3-7-11-22)24(26)18-19-12-14-21(15-13-19)20-8-4-2-5-9-20/h2-17H,18H2,1H3,(H2,28,29). The van der Waals surface area contributed by atoms with Gasteiger partial charge in [-0.25, -0.2) is 8.42 Å². The summed E-state index contributed by atoms with van der Waals surface area (Å²) in [5.74, 6) is -0.511. The number of amides is 1. The fourth-order valence-corrected chi connectivity index (χ4v) is 5.34. The molecule has 5 nitrogen and oxygen atoms in total. The number of methoxy groups -OCH3 is 1. The summed E-state index contributed by atoms with van der Waals surface area (Å²) in [5, 5.41) is 0. The fourth-order valence-electron chi connectivity index (χ4n) is 3.83. The predicted molar refractivity (Wildman–Crippen MR) is 128 cm³/mol. The van der Waals surface area contributed by atoms with Crippen LogP contribution in [0.15, 0.2) is 107 Å². The van der Waals surface area contributed by atoms with Gasteiger partial charge in [0, 0.05) is 12.0 Å². The summed E-state index contributed by atoms with van der Waals surface area (Å²) in [4.78, 5) is 12.3. The van der Waals surface area contributed by atoms with Gasteiger partial charge in [-0.3, -0.25) is 4.79 Å². The molecule has 1 amide bonds. The van der Waals surface area contributed by atoms with Crippen molar-refractivity contribution in [2.45, 2.75) is 16.2 Å². The van der Waals surface area contributed by atoms with Crippen LogP contribution in [-0.2, 0) is 16.3 Å². The van der Waals surface area contributed by atoms with E-state index in [-0.39, 0.29) is 27.5 Å². The first kappa shape index (κ1) is 22.3. The van der Waals surface area contributed by atoms with Crippen molar-refractivity contribution in [2.75, 3.05) is 7.11 Å².